The maximum Gasteiger partial charge on any atom is 0.108 e. The molecule has 198 valence electrons. The minimum Gasteiger partial charge on any atom is -0.412 e. The van der Waals surface area contributed by atoms with Gasteiger partial charge < -0.3 is 31.2 Å². The molecule has 8 N–H and O–H groups in total. The molecule has 0 unspecified atom stereocenters. The fourth-order valence-electron chi connectivity index (χ4n) is 4.97. The highest BCUT2D eigenvalue weighted by atomic mass is 16.3. The molecule has 0 saturated heterocycles. The lowest BCUT2D eigenvalue weighted by Gasteiger charge is -2.44. The summed E-state index contributed by atoms with van der Waals surface area (Å²) in [5.41, 5.74) is 5.36. The van der Waals surface area contributed by atoms with Crippen LogP contribution in [-0.2, 0) is 0 Å². The molecule has 4 rings (SSSR count). The third-order valence-corrected chi connectivity index (χ3v) is 6.59. The molecule has 7 heteroatoms. The van der Waals surface area contributed by atoms with Gasteiger partial charge in [-0.25, -0.2) is 0 Å². The molecule has 0 aliphatic carbocycles. The fraction of sp³-hybridized carbons (Fsp3) is 0.200. The third kappa shape index (κ3) is 8.10. The third-order valence-electron chi connectivity index (χ3n) is 6.59. The van der Waals surface area contributed by atoms with E-state index in [1.54, 1.807) is 0 Å². The van der Waals surface area contributed by atoms with Gasteiger partial charge in [0, 0.05) is 0 Å². The summed E-state index contributed by atoms with van der Waals surface area (Å²) in [6.07, 6.45) is -1.22. The second kappa shape index (κ2) is 17.2. The number of quaternary nitrogens is 1. The molecule has 0 fully saturated rings. The number of aliphatic hydroxyl groups excluding tert-OH is 3. The van der Waals surface area contributed by atoms with Crippen LogP contribution in [0, 0.1) is 0 Å². The average Bonchev–Trinajstić information content (AvgIpc) is 2.93. The molecule has 37 heavy (non-hydrogen) atoms. The summed E-state index contributed by atoms with van der Waals surface area (Å²) < 4.78 is 0. The van der Waals surface area contributed by atoms with Gasteiger partial charge in [-0.2, -0.15) is 21.9 Å². The molecule has 0 spiro atoms. The Labute approximate surface area is 220 Å². The summed E-state index contributed by atoms with van der Waals surface area (Å²) in [6, 6.07) is 43.5. The first-order valence-electron chi connectivity index (χ1n) is 12.3. The van der Waals surface area contributed by atoms with Crippen molar-refractivity contribution >= 4 is 28.0 Å². The molecule has 4 aromatic rings. The number of benzene rings is 4. The van der Waals surface area contributed by atoms with E-state index in [1.807, 2.05) is 0 Å². The minimum atomic E-state index is -1.22. The van der Waals surface area contributed by atoms with Crippen molar-refractivity contribution in [1.82, 2.24) is 0 Å². The van der Waals surface area contributed by atoms with Gasteiger partial charge in [-0.15, -0.1) is 0 Å². The second-order valence-corrected chi connectivity index (χ2v) is 8.68. The first-order chi connectivity index (χ1) is 17.3. The van der Waals surface area contributed by atoms with Crippen molar-refractivity contribution < 1.29 is 31.2 Å². The molecule has 0 bridgehead atoms. The SMILES string of the molecule is O.O.OCC[NH+](CCO)CCO.c1ccc([B-](c2ccccc2)(c2ccccc2)c2ccccc2)cc1. The molecular weight excluding hydrogens is 465 g/mol. The smallest absolute Gasteiger partial charge is 0.108 e. The van der Waals surface area contributed by atoms with Crippen LogP contribution >= 0.6 is 0 Å². The molecule has 4 aromatic carbocycles. The molecule has 0 aliphatic heterocycles. The van der Waals surface area contributed by atoms with E-state index >= 15 is 0 Å². The topological polar surface area (TPSA) is 128 Å². The summed E-state index contributed by atoms with van der Waals surface area (Å²) >= 11 is 0. The van der Waals surface area contributed by atoms with E-state index in [9.17, 15) is 0 Å². The van der Waals surface area contributed by atoms with Crippen molar-refractivity contribution in [3.63, 3.8) is 0 Å². The van der Waals surface area contributed by atoms with Gasteiger partial charge in [-0.05, 0) is 0 Å². The van der Waals surface area contributed by atoms with Crippen LogP contribution in [0.3, 0.4) is 0 Å². The van der Waals surface area contributed by atoms with Gasteiger partial charge >= 0.3 is 0 Å². The Morgan fingerprint density at radius 2 is 0.622 bits per heavy atom. The van der Waals surface area contributed by atoms with Crippen LogP contribution in [0.2, 0.25) is 0 Å². The van der Waals surface area contributed by atoms with Crippen LogP contribution in [0.4, 0.5) is 0 Å². The lowest BCUT2D eigenvalue weighted by molar-refractivity contribution is -0.901. The van der Waals surface area contributed by atoms with Gasteiger partial charge in [0.15, 0.2) is 0 Å². The second-order valence-electron chi connectivity index (χ2n) is 8.68. The van der Waals surface area contributed by atoms with Crippen molar-refractivity contribution in [1.29, 1.82) is 0 Å². The van der Waals surface area contributed by atoms with Gasteiger partial charge in [0.1, 0.15) is 25.8 Å². The van der Waals surface area contributed by atoms with Crippen LogP contribution < -0.4 is 26.8 Å². The molecule has 0 radical (unpaired) electrons. The maximum atomic E-state index is 8.51. The molecule has 0 atom stereocenters. The summed E-state index contributed by atoms with van der Waals surface area (Å²) in [7, 11) is 0. The predicted molar refractivity (Wildman–Crippen MR) is 154 cm³/mol. The van der Waals surface area contributed by atoms with Crippen LogP contribution in [0.15, 0.2) is 121 Å². The predicted octanol–water partition coefficient (Wildman–Crippen LogP) is -1.74. The lowest BCUT2D eigenvalue weighted by Crippen LogP contribution is -3.13. The average molecular weight is 505 g/mol. The van der Waals surface area contributed by atoms with E-state index in [1.165, 1.54) is 21.9 Å². The summed E-state index contributed by atoms with van der Waals surface area (Å²) in [5, 5.41) is 25.5. The number of rotatable bonds is 10. The van der Waals surface area contributed by atoms with E-state index in [0.717, 1.165) is 4.90 Å². The Balaban J connectivity index is 0.000000493. The summed E-state index contributed by atoms with van der Waals surface area (Å²) in [6.45, 7) is 2.11. The number of hydrogen-bond acceptors (Lipinski definition) is 3. The van der Waals surface area contributed by atoms with Gasteiger partial charge in [0.2, 0.25) is 0 Å². The zero-order chi connectivity index (χ0) is 24.8. The molecule has 6 nitrogen and oxygen atoms in total. The fourth-order valence-corrected chi connectivity index (χ4v) is 4.97. The first-order valence-corrected chi connectivity index (χ1v) is 12.3. The van der Waals surface area contributed by atoms with Crippen molar-refractivity contribution in [2.75, 3.05) is 39.5 Å². The highest BCUT2D eigenvalue weighted by Crippen LogP contribution is 2.09. The number of hydrogen-bond donors (Lipinski definition) is 4. The Morgan fingerprint density at radius 3 is 0.811 bits per heavy atom. The van der Waals surface area contributed by atoms with Crippen molar-refractivity contribution in [2.24, 2.45) is 0 Å². The highest BCUT2D eigenvalue weighted by Gasteiger charge is 2.30. The Bertz CT molecular complexity index is 908. The quantitative estimate of drug-likeness (QED) is 0.191. The van der Waals surface area contributed by atoms with E-state index in [-0.39, 0.29) is 30.8 Å². The Kier molecular flexibility index (Phi) is 14.8. The highest BCUT2D eigenvalue weighted by molar-refractivity contribution is 7.19. The number of nitrogens with one attached hydrogen (secondary N) is 1. The largest absolute Gasteiger partial charge is 0.412 e. The van der Waals surface area contributed by atoms with E-state index in [2.05, 4.69) is 121 Å². The van der Waals surface area contributed by atoms with Gasteiger partial charge in [-0.1, -0.05) is 121 Å². The van der Waals surface area contributed by atoms with E-state index < -0.39 is 6.15 Å². The minimum absolute atomic E-state index is 0. The molecule has 0 heterocycles. The van der Waals surface area contributed by atoms with Crippen molar-refractivity contribution in [3.05, 3.63) is 121 Å². The summed E-state index contributed by atoms with van der Waals surface area (Å²) in [5.74, 6) is 0. The van der Waals surface area contributed by atoms with E-state index in [4.69, 9.17) is 15.3 Å². The van der Waals surface area contributed by atoms with E-state index in [0.29, 0.717) is 19.6 Å². The Morgan fingerprint density at radius 1 is 0.405 bits per heavy atom. The van der Waals surface area contributed by atoms with Crippen LogP contribution in [0.5, 0.6) is 0 Å². The van der Waals surface area contributed by atoms with Crippen molar-refractivity contribution in [2.45, 2.75) is 0 Å². The number of aliphatic hydroxyl groups is 3. The van der Waals surface area contributed by atoms with Gasteiger partial charge in [0.25, 0.3) is 0 Å². The molecular formula is C30H40BNO5. The van der Waals surface area contributed by atoms with Gasteiger partial charge in [-0.3, -0.25) is 0 Å². The first kappa shape index (κ1) is 31.7. The zero-order valence-corrected chi connectivity index (χ0v) is 21.2. The monoisotopic (exact) mass is 505 g/mol. The Hall–Kier alpha value is -3.30. The molecule has 0 aliphatic rings. The summed E-state index contributed by atoms with van der Waals surface area (Å²) in [4.78, 5) is 1.03. The maximum absolute atomic E-state index is 8.51. The molecule has 0 saturated carbocycles. The van der Waals surface area contributed by atoms with Gasteiger partial charge in [0.05, 0.1) is 19.8 Å². The van der Waals surface area contributed by atoms with Crippen LogP contribution in [0.1, 0.15) is 0 Å². The normalized spacial score (nSPS) is 10.5. The molecule has 0 aromatic heterocycles. The zero-order valence-electron chi connectivity index (χ0n) is 21.2. The van der Waals surface area contributed by atoms with Crippen molar-refractivity contribution in [3.8, 4) is 0 Å². The lowest BCUT2D eigenvalue weighted by atomic mass is 9.13. The molecule has 0 amide bonds. The van der Waals surface area contributed by atoms with Crippen LogP contribution in [-0.4, -0.2) is 71.9 Å². The van der Waals surface area contributed by atoms with Crippen LogP contribution in [0.25, 0.3) is 0 Å². The standard InChI is InChI=1S/C24H20B.C6H15NO3.2H2O/c1-5-13-21(14-6-1)25(22-15-7-2-8-16-22,23-17-9-3-10-18-23)24-19-11-4-12-20-24;8-4-1-7(2-5-9)3-6-10;;/h1-20H;8-10H,1-6H2;2*1H2/q-1;;;/p+1.